The van der Waals surface area contributed by atoms with Crippen molar-refractivity contribution in [1.29, 1.82) is 0 Å². The number of phenolic OH excluding ortho intramolecular Hbond substituents is 1. The number of ether oxygens (including phenoxy) is 1. The molecule has 0 saturated heterocycles. The highest BCUT2D eigenvalue weighted by atomic mass is 16.5. The normalized spacial score (nSPS) is 11.3. The molecule has 1 rings (SSSR count). The van der Waals surface area contributed by atoms with Crippen LogP contribution in [0.5, 0.6) is 11.5 Å². The molecular weight excluding hydrogens is 246 g/mol. The Kier molecular flexibility index (Phi) is 5.18. The Balaban J connectivity index is 2.51. The molecule has 0 fully saturated rings. The summed E-state index contributed by atoms with van der Waals surface area (Å²) in [7, 11) is 1.51. The molecule has 19 heavy (non-hydrogen) atoms. The van der Waals surface area contributed by atoms with Crippen LogP contribution in [0.15, 0.2) is 18.2 Å². The Bertz CT molecular complexity index is 443. The van der Waals surface area contributed by atoms with Crippen LogP contribution >= 0.6 is 0 Å². The average Bonchev–Trinajstić information content (AvgIpc) is 2.34. The molecule has 1 aromatic rings. The van der Waals surface area contributed by atoms with E-state index in [0.29, 0.717) is 25.3 Å². The Hall–Kier alpha value is -1.75. The number of benzene rings is 1. The smallest absolute Gasteiger partial charge is 0.309 e. The van der Waals surface area contributed by atoms with E-state index in [1.54, 1.807) is 26.0 Å². The van der Waals surface area contributed by atoms with Crippen LogP contribution in [0.2, 0.25) is 0 Å². The Morgan fingerprint density at radius 3 is 2.68 bits per heavy atom. The second-order valence-electron chi connectivity index (χ2n) is 5.09. The van der Waals surface area contributed by atoms with Crippen LogP contribution in [-0.2, 0) is 11.3 Å². The molecule has 0 bridgehead atoms. The molecule has 3 N–H and O–H groups in total. The summed E-state index contributed by atoms with van der Waals surface area (Å²) < 4.78 is 5.13. The second kappa shape index (κ2) is 6.43. The minimum atomic E-state index is -0.802. The lowest BCUT2D eigenvalue weighted by Crippen LogP contribution is -2.28. The molecule has 106 valence electrons. The molecule has 0 aliphatic heterocycles. The summed E-state index contributed by atoms with van der Waals surface area (Å²) >= 11 is 0. The van der Waals surface area contributed by atoms with E-state index < -0.39 is 11.4 Å². The van der Waals surface area contributed by atoms with Crippen molar-refractivity contribution in [3.05, 3.63) is 23.8 Å². The first-order chi connectivity index (χ1) is 8.88. The van der Waals surface area contributed by atoms with Gasteiger partial charge in [0.1, 0.15) is 0 Å². The number of carboxylic acid groups (broad SMARTS) is 1. The second-order valence-corrected chi connectivity index (χ2v) is 5.09. The van der Waals surface area contributed by atoms with Gasteiger partial charge in [-0.3, -0.25) is 4.79 Å². The first-order valence-electron chi connectivity index (χ1n) is 6.17. The van der Waals surface area contributed by atoms with Gasteiger partial charge in [0.05, 0.1) is 12.5 Å². The standard InChI is InChI=1S/C14H21NO4/c1-14(2,13(17)18)7-8-15-9-10-5-4-6-11(16)12(10)19-3/h4-6,15-16H,7-9H2,1-3H3,(H,17,18). The van der Waals surface area contributed by atoms with Crippen LogP contribution in [-0.4, -0.2) is 29.8 Å². The maximum absolute atomic E-state index is 10.9. The predicted molar refractivity (Wildman–Crippen MR) is 72.4 cm³/mol. The van der Waals surface area contributed by atoms with Crippen molar-refractivity contribution >= 4 is 5.97 Å². The molecule has 0 heterocycles. The van der Waals surface area contributed by atoms with E-state index >= 15 is 0 Å². The van der Waals surface area contributed by atoms with Gasteiger partial charge in [0, 0.05) is 12.1 Å². The van der Waals surface area contributed by atoms with Gasteiger partial charge in [0.2, 0.25) is 0 Å². The largest absolute Gasteiger partial charge is 0.504 e. The molecule has 0 amide bonds. The lowest BCUT2D eigenvalue weighted by atomic mass is 9.90. The van der Waals surface area contributed by atoms with E-state index in [4.69, 9.17) is 9.84 Å². The quantitative estimate of drug-likeness (QED) is 0.658. The minimum absolute atomic E-state index is 0.104. The summed E-state index contributed by atoms with van der Waals surface area (Å²) in [4.78, 5) is 10.9. The van der Waals surface area contributed by atoms with Crippen molar-refractivity contribution < 1.29 is 19.7 Å². The Morgan fingerprint density at radius 1 is 1.42 bits per heavy atom. The molecule has 0 aliphatic rings. The van der Waals surface area contributed by atoms with Crippen molar-refractivity contribution in [3.8, 4) is 11.5 Å². The minimum Gasteiger partial charge on any atom is -0.504 e. The third kappa shape index (κ3) is 4.13. The molecule has 5 nitrogen and oxygen atoms in total. The molecule has 0 aromatic heterocycles. The zero-order chi connectivity index (χ0) is 14.5. The van der Waals surface area contributed by atoms with Gasteiger partial charge < -0.3 is 20.3 Å². The summed E-state index contributed by atoms with van der Waals surface area (Å²) in [5.41, 5.74) is 0.103. The number of aliphatic carboxylic acids is 1. The summed E-state index contributed by atoms with van der Waals surface area (Å²) in [5, 5.41) is 21.8. The lowest BCUT2D eigenvalue weighted by molar-refractivity contribution is -0.147. The summed E-state index contributed by atoms with van der Waals surface area (Å²) in [5.74, 6) is -0.246. The third-order valence-electron chi connectivity index (χ3n) is 3.10. The fraction of sp³-hybridized carbons (Fsp3) is 0.500. The third-order valence-corrected chi connectivity index (χ3v) is 3.10. The number of para-hydroxylation sites is 1. The lowest BCUT2D eigenvalue weighted by Gasteiger charge is -2.19. The van der Waals surface area contributed by atoms with Crippen LogP contribution in [0.3, 0.4) is 0 Å². The van der Waals surface area contributed by atoms with E-state index in [-0.39, 0.29) is 5.75 Å². The van der Waals surface area contributed by atoms with E-state index in [1.165, 1.54) is 7.11 Å². The number of carboxylic acids is 1. The molecule has 0 unspecified atom stereocenters. The summed E-state index contributed by atoms with van der Waals surface area (Å²) in [6, 6.07) is 5.17. The fourth-order valence-electron chi connectivity index (χ4n) is 1.68. The number of rotatable bonds is 7. The molecule has 0 atom stereocenters. The van der Waals surface area contributed by atoms with Crippen molar-refractivity contribution in [2.24, 2.45) is 5.41 Å². The number of hydrogen-bond donors (Lipinski definition) is 3. The van der Waals surface area contributed by atoms with Crippen LogP contribution in [0.4, 0.5) is 0 Å². The number of carbonyl (C=O) groups is 1. The van der Waals surface area contributed by atoms with Gasteiger partial charge in [-0.1, -0.05) is 12.1 Å². The zero-order valence-corrected chi connectivity index (χ0v) is 11.6. The molecule has 0 radical (unpaired) electrons. The van der Waals surface area contributed by atoms with Gasteiger partial charge >= 0.3 is 5.97 Å². The summed E-state index contributed by atoms with van der Waals surface area (Å²) in [6.45, 7) is 4.50. The van der Waals surface area contributed by atoms with Crippen LogP contribution in [0, 0.1) is 5.41 Å². The number of phenols is 1. The number of nitrogens with one attached hydrogen (secondary N) is 1. The highest BCUT2D eigenvalue weighted by Crippen LogP contribution is 2.29. The van der Waals surface area contributed by atoms with E-state index in [2.05, 4.69) is 5.32 Å². The van der Waals surface area contributed by atoms with Crippen molar-refractivity contribution in [3.63, 3.8) is 0 Å². The van der Waals surface area contributed by atoms with Crippen molar-refractivity contribution in [2.45, 2.75) is 26.8 Å². The SMILES string of the molecule is COc1c(O)cccc1CNCCC(C)(C)C(=O)O. The molecular formula is C14H21NO4. The zero-order valence-electron chi connectivity index (χ0n) is 11.6. The highest BCUT2D eigenvalue weighted by Gasteiger charge is 2.26. The van der Waals surface area contributed by atoms with Crippen molar-refractivity contribution in [1.82, 2.24) is 5.32 Å². The van der Waals surface area contributed by atoms with Crippen LogP contribution < -0.4 is 10.1 Å². The monoisotopic (exact) mass is 267 g/mol. The number of hydrogen-bond acceptors (Lipinski definition) is 4. The van der Waals surface area contributed by atoms with Gasteiger partial charge in [-0.15, -0.1) is 0 Å². The van der Waals surface area contributed by atoms with Crippen LogP contribution in [0.25, 0.3) is 0 Å². The van der Waals surface area contributed by atoms with Gasteiger partial charge in [-0.25, -0.2) is 0 Å². The van der Waals surface area contributed by atoms with E-state index in [9.17, 15) is 9.90 Å². The summed E-state index contributed by atoms with van der Waals surface area (Å²) in [6.07, 6.45) is 0.531. The van der Waals surface area contributed by atoms with Gasteiger partial charge in [0.25, 0.3) is 0 Å². The topological polar surface area (TPSA) is 78.8 Å². The maximum Gasteiger partial charge on any atom is 0.309 e. The molecule has 0 spiro atoms. The molecule has 5 heteroatoms. The van der Waals surface area contributed by atoms with Crippen molar-refractivity contribution in [2.75, 3.05) is 13.7 Å². The number of methoxy groups -OCH3 is 1. The first kappa shape index (κ1) is 15.3. The Morgan fingerprint density at radius 2 is 2.11 bits per heavy atom. The maximum atomic E-state index is 10.9. The Labute approximate surface area is 113 Å². The first-order valence-corrected chi connectivity index (χ1v) is 6.17. The molecule has 0 saturated carbocycles. The fourth-order valence-corrected chi connectivity index (χ4v) is 1.68. The van der Waals surface area contributed by atoms with Gasteiger partial charge in [-0.2, -0.15) is 0 Å². The highest BCUT2D eigenvalue weighted by molar-refractivity contribution is 5.73. The van der Waals surface area contributed by atoms with E-state index in [1.807, 2.05) is 6.07 Å². The van der Waals surface area contributed by atoms with E-state index in [0.717, 1.165) is 5.56 Å². The van der Waals surface area contributed by atoms with Gasteiger partial charge in [0.15, 0.2) is 11.5 Å². The molecule has 1 aromatic carbocycles. The molecule has 0 aliphatic carbocycles. The average molecular weight is 267 g/mol. The van der Waals surface area contributed by atoms with Crippen LogP contribution in [0.1, 0.15) is 25.8 Å². The predicted octanol–water partition coefficient (Wildman–Crippen LogP) is 1.99. The number of aromatic hydroxyl groups is 1. The van der Waals surface area contributed by atoms with Gasteiger partial charge in [-0.05, 0) is 32.9 Å².